The maximum Gasteiger partial charge on any atom is 0.194 e. The number of hydrogen-bond acceptors (Lipinski definition) is 4. The highest BCUT2D eigenvalue weighted by Gasteiger charge is 2.22. The van der Waals surface area contributed by atoms with Crippen LogP contribution in [0, 0.1) is 0 Å². The number of aliphatic imine (C=N–C) groups is 1. The predicted octanol–water partition coefficient (Wildman–Crippen LogP) is 3.98. The van der Waals surface area contributed by atoms with Gasteiger partial charge in [0.2, 0.25) is 0 Å². The van der Waals surface area contributed by atoms with Crippen LogP contribution in [0.3, 0.4) is 0 Å². The Kier molecular flexibility index (Phi) is 8.47. The lowest BCUT2D eigenvalue weighted by atomic mass is 10.1. The molecule has 1 saturated heterocycles. The average Bonchev–Trinajstić information content (AvgIpc) is 3.26. The van der Waals surface area contributed by atoms with Crippen LogP contribution in [0.2, 0.25) is 0 Å². The summed E-state index contributed by atoms with van der Waals surface area (Å²) in [4.78, 5) is 7.29. The van der Waals surface area contributed by atoms with Gasteiger partial charge < -0.3 is 24.4 Å². The number of nitrogens with one attached hydrogen (secondary N) is 1. The minimum Gasteiger partial charge on any atom is -0.497 e. The molecule has 29 heavy (non-hydrogen) atoms. The summed E-state index contributed by atoms with van der Waals surface area (Å²) in [5.74, 6) is 2.71. The van der Waals surface area contributed by atoms with E-state index in [1.807, 2.05) is 12.1 Å². The van der Waals surface area contributed by atoms with E-state index in [1.165, 1.54) is 12.8 Å². The Morgan fingerprint density at radius 1 is 1.10 bits per heavy atom. The van der Waals surface area contributed by atoms with Crippen LogP contribution < -0.4 is 14.8 Å². The number of nitrogens with zero attached hydrogens (tertiary/aromatic N) is 2. The third kappa shape index (κ3) is 6.26. The van der Waals surface area contributed by atoms with E-state index in [-0.39, 0.29) is 0 Å². The van der Waals surface area contributed by atoms with Gasteiger partial charge >= 0.3 is 0 Å². The number of hydrogen-bond donors (Lipinski definition) is 1. The van der Waals surface area contributed by atoms with Crippen molar-refractivity contribution in [3.05, 3.63) is 23.8 Å². The summed E-state index contributed by atoms with van der Waals surface area (Å²) < 4.78 is 17.5. The van der Waals surface area contributed by atoms with Gasteiger partial charge in [0.05, 0.1) is 25.9 Å². The minimum atomic E-state index is 0.315. The monoisotopic (exact) mass is 403 g/mol. The zero-order valence-corrected chi connectivity index (χ0v) is 18.3. The van der Waals surface area contributed by atoms with Gasteiger partial charge in [0.25, 0.3) is 0 Å². The second kappa shape index (κ2) is 11.3. The lowest BCUT2D eigenvalue weighted by Gasteiger charge is -2.34. The van der Waals surface area contributed by atoms with E-state index in [1.54, 1.807) is 7.11 Å². The molecule has 6 heteroatoms. The Balaban J connectivity index is 1.69. The molecule has 162 valence electrons. The summed E-state index contributed by atoms with van der Waals surface area (Å²) in [6.45, 7) is 8.38. The molecule has 2 aliphatic rings. The molecule has 0 radical (unpaired) electrons. The lowest BCUT2D eigenvalue weighted by molar-refractivity contribution is 0.0263. The number of likely N-dealkylation sites (tertiary alicyclic amines) is 1. The molecule has 0 atom stereocenters. The maximum atomic E-state index is 6.33. The molecule has 1 aliphatic carbocycles. The number of ether oxygens (including phenoxy) is 3. The fourth-order valence-electron chi connectivity index (χ4n) is 4.14. The highest BCUT2D eigenvalue weighted by molar-refractivity contribution is 5.80. The van der Waals surface area contributed by atoms with E-state index < -0.39 is 0 Å². The van der Waals surface area contributed by atoms with E-state index in [2.05, 4.69) is 30.1 Å². The number of rotatable bonds is 8. The van der Waals surface area contributed by atoms with E-state index >= 15 is 0 Å². The van der Waals surface area contributed by atoms with Crippen molar-refractivity contribution < 1.29 is 14.2 Å². The topological polar surface area (TPSA) is 55.3 Å². The zero-order chi connectivity index (χ0) is 20.5. The largest absolute Gasteiger partial charge is 0.497 e. The summed E-state index contributed by atoms with van der Waals surface area (Å²) in [7, 11) is 1.70. The molecule has 0 unspecified atom stereocenters. The summed E-state index contributed by atoms with van der Waals surface area (Å²) in [6.07, 6.45) is 7.58. The number of guanidine groups is 1. The van der Waals surface area contributed by atoms with Crippen molar-refractivity contribution in [1.29, 1.82) is 0 Å². The molecule has 0 bridgehead atoms. The van der Waals surface area contributed by atoms with Crippen molar-refractivity contribution in [3.63, 3.8) is 0 Å². The van der Waals surface area contributed by atoms with Crippen LogP contribution in [-0.2, 0) is 11.3 Å². The molecule has 1 aliphatic heterocycles. The van der Waals surface area contributed by atoms with Crippen LogP contribution in [0.15, 0.2) is 23.2 Å². The zero-order valence-electron chi connectivity index (χ0n) is 18.3. The Hall–Kier alpha value is -1.95. The van der Waals surface area contributed by atoms with Crippen molar-refractivity contribution in [1.82, 2.24) is 10.2 Å². The number of methoxy groups -OCH3 is 1. The van der Waals surface area contributed by atoms with Crippen LogP contribution in [0.25, 0.3) is 0 Å². The fourth-order valence-corrected chi connectivity index (χ4v) is 4.14. The molecule has 1 saturated carbocycles. The van der Waals surface area contributed by atoms with Gasteiger partial charge in [0.15, 0.2) is 5.96 Å². The van der Waals surface area contributed by atoms with Crippen molar-refractivity contribution in [2.45, 2.75) is 71.1 Å². The first-order valence-corrected chi connectivity index (χ1v) is 11.2. The molecule has 1 aromatic carbocycles. The first-order valence-electron chi connectivity index (χ1n) is 11.2. The second-order valence-corrected chi connectivity index (χ2v) is 7.81. The molecular formula is C23H37N3O3. The molecule has 1 heterocycles. The van der Waals surface area contributed by atoms with Gasteiger partial charge in [-0.25, -0.2) is 4.99 Å². The van der Waals surface area contributed by atoms with Crippen molar-refractivity contribution >= 4 is 5.96 Å². The summed E-state index contributed by atoms with van der Waals surface area (Å²) in [5, 5.41) is 3.45. The summed E-state index contributed by atoms with van der Waals surface area (Å²) in [6, 6.07) is 6.08. The standard InChI is InChI=1S/C23H37N3O3/c1-4-24-23(26-14-12-19(13-15-26)28-5-2)25-17-18-10-11-21(27-3)16-22(18)29-20-8-6-7-9-20/h10-11,16,19-20H,4-9,12-15,17H2,1-3H3,(H,24,25). The van der Waals surface area contributed by atoms with E-state index in [0.717, 1.165) is 74.9 Å². The first kappa shape index (κ1) is 21.8. The molecular weight excluding hydrogens is 366 g/mol. The Morgan fingerprint density at radius 2 is 1.86 bits per heavy atom. The van der Waals surface area contributed by atoms with E-state index in [0.29, 0.717) is 18.8 Å². The van der Waals surface area contributed by atoms with Gasteiger partial charge in [0.1, 0.15) is 11.5 Å². The fraction of sp³-hybridized carbons (Fsp3) is 0.696. The van der Waals surface area contributed by atoms with E-state index in [9.17, 15) is 0 Å². The number of benzene rings is 1. The summed E-state index contributed by atoms with van der Waals surface area (Å²) >= 11 is 0. The Morgan fingerprint density at radius 3 is 2.52 bits per heavy atom. The average molecular weight is 404 g/mol. The molecule has 2 fully saturated rings. The Labute approximate surface area is 175 Å². The highest BCUT2D eigenvalue weighted by Crippen LogP contribution is 2.30. The molecule has 1 aromatic rings. The van der Waals surface area contributed by atoms with Crippen LogP contribution in [0.1, 0.15) is 57.9 Å². The second-order valence-electron chi connectivity index (χ2n) is 7.81. The quantitative estimate of drug-likeness (QED) is 0.526. The van der Waals surface area contributed by atoms with E-state index in [4.69, 9.17) is 19.2 Å². The van der Waals surface area contributed by atoms with Crippen LogP contribution >= 0.6 is 0 Å². The molecule has 0 amide bonds. The van der Waals surface area contributed by atoms with Crippen molar-refractivity contribution in [2.24, 2.45) is 4.99 Å². The van der Waals surface area contributed by atoms with Crippen molar-refractivity contribution in [2.75, 3.05) is 33.4 Å². The van der Waals surface area contributed by atoms with Gasteiger partial charge in [0, 0.05) is 37.9 Å². The predicted molar refractivity (Wildman–Crippen MR) is 117 cm³/mol. The van der Waals surface area contributed by atoms with Crippen LogP contribution in [0.5, 0.6) is 11.5 Å². The Bertz CT molecular complexity index is 651. The van der Waals surface area contributed by atoms with Crippen LogP contribution in [-0.4, -0.2) is 56.4 Å². The molecule has 0 spiro atoms. The van der Waals surface area contributed by atoms with Gasteiger partial charge in [-0.15, -0.1) is 0 Å². The third-order valence-electron chi connectivity index (χ3n) is 5.75. The van der Waals surface area contributed by atoms with Gasteiger partial charge in [-0.05, 0) is 64.5 Å². The maximum absolute atomic E-state index is 6.33. The van der Waals surface area contributed by atoms with Gasteiger partial charge in [-0.2, -0.15) is 0 Å². The minimum absolute atomic E-state index is 0.315. The lowest BCUT2D eigenvalue weighted by Crippen LogP contribution is -2.47. The normalized spacial score (nSPS) is 18.9. The smallest absolute Gasteiger partial charge is 0.194 e. The third-order valence-corrected chi connectivity index (χ3v) is 5.75. The summed E-state index contributed by atoms with van der Waals surface area (Å²) in [5.41, 5.74) is 1.11. The number of piperidine rings is 1. The first-order chi connectivity index (χ1) is 14.2. The SMILES string of the molecule is CCNC(=NCc1ccc(OC)cc1OC1CCCC1)N1CCC(OCC)CC1. The molecule has 6 nitrogen and oxygen atoms in total. The van der Waals surface area contributed by atoms with Crippen molar-refractivity contribution in [3.8, 4) is 11.5 Å². The molecule has 3 rings (SSSR count). The van der Waals surface area contributed by atoms with Gasteiger partial charge in [-0.1, -0.05) is 0 Å². The molecule has 1 N–H and O–H groups in total. The highest BCUT2D eigenvalue weighted by atomic mass is 16.5. The van der Waals surface area contributed by atoms with Crippen LogP contribution in [0.4, 0.5) is 0 Å². The molecule has 0 aromatic heterocycles. The van der Waals surface area contributed by atoms with Gasteiger partial charge in [-0.3, -0.25) is 0 Å².